The monoisotopic (exact) mass is 449 g/mol. The van der Waals surface area contributed by atoms with Crippen molar-refractivity contribution in [2.24, 2.45) is 0 Å². The summed E-state index contributed by atoms with van der Waals surface area (Å²) in [5.74, 6) is 0. The van der Waals surface area contributed by atoms with E-state index in [0.717, 1.165) is 42.8 Å². The lowest BCUT2D eigenvalue weighted by Gasteiger charge is -2.12. The van der Waals surface area contributed by atoms with Crippen LogP contribution in [0.4, 0.5) is 0 Å². The zero-order chi connectivity index (χ0) is 22.4. The van der Waals surface area contributed by atoms with Crippen molar-refractivity contribution in [1.82, 2.24) is 9.78 Å². The summed E-state index contributed by atoms with van der Waals surface area (Å²) in [6.07, 6.45) is 17.2. The highest BCUT2D eigenvalue weighted by molar-refractivity contribution is 8.02. The highest BCUT2D eigenvalue weighted by atomic mass is 32.2. The minimum atomic E-state index is -0.639. The number of thioether (sulfide) groups is 1. The number of allylic oxidation sites excluding steroid dienone is 8. The van der Waals surface area contributed by atoms with Gasteiger partial charge in [0.15, 0.2) is 0 Å². The summed E-state index contributed by atoms with van der Waals surface area (Å²) in [7, 11) is 0. The molecule has 0 bridgehead atoms. The summed E-state index contributed by atoms with van der Waals surface area (Å²) in [5.41, 5.74) is 3.69. The summed E-state index contributed by atoms with van der Waals surface area (Å²) in [6.45, 7) is 8.06. The summed E-state index contributed by atoms with van der Waals surface area (Å²) in [4.78, 5) is 3.90. The van der Waals surface area contributed by atoms with Gasteiger partial charge in [0, 0.05) is 10.6 Å². The molecule has 0 spiro atoms. The molecular formula is C26H31N3S2. The van der Waals surface area contributed by atoms with Gasteiger partial charge in [-0.2, -0.15) is 10.4 Å². The second-order valence-electron chi connectivity index (χ2n) is 8.17. The molecule has 0 aliphatic heterocycles. The Kier molecular flexibility index (Phi) is 7.80. The summed E-state index contributed by atoms with van der Waals surface area (Å²) in [6, 6.07) is 8.91. The molecule has 2 heterocycles. The average molecular weight is 450 g/mol. The molecular weight excluding hydrogens is 418 g/mol. The van der Waals surface area contributed by atoms with Crippen LogP contribution < -0.4 is 0 Å². The van der Waals surface area contributed by atoms with Crippen LogP contribution in [0, 0.1) is 11.3 Å². The molecule has 3 nitrogen and oxygen atoms in total. The van der Waals surface area contributed by atoms with Gasteiger partial charge in [-0.1, -0.05) is 31.6 Å². The van der Waals surface area contributed by atoms with E-state index in [4.69, 9.17) is 5.10 Å². The summed E-state index contributed by atoms with van der Waals surface area (Å²) >= 11 is 3.64. The molecule has 0 radical (unpaired) electrons. The molecule has 0 amide bonds. The van der Waals surface area contributed by atoms with E-state index < -0.39 is 5.41 Å². The Bertz CT molecular complexity index is 1080. The van der Waals surface area contributed by atoms with Gasteiger partial charge in [-0.15, -0.1) is 23.1 Å². The highest BCUT2D eigenvalue weighted by Gasteiger charge is 2.26. The van der Waals surface area contributed by atoms with Gasteiger partial charge in [-0.3, -0.25) is 0 Å². The number of nitriles is 1. The Morgan fingerprint density at radius 2 is 2.13 bits per heavy atom. The van der Waals surface area contributed by atoms with Crippen LogP contribution in [0.1, 0.15) is 63.9 Å². The topological polar surface area (TPSA) is 41.6 Å². The molecule has 1 aliphatic carbocycles. The molecule has 31 heavy (non-hydrogen) atoms. The van der Waals surface area contributed by atoms with E-state index in [-0.39, 0.29) is 0 Å². The molecule has 0 unspecified atom stereocenters. The SMILES string of the molecule is C/C=C\C=C(/CCC)n1nc(C(C)(C)C#N)cc1-c1ccc(C2=CCCC(SC)=C2)s1. The zero-order valence-corrected chi connectivity index (χ0v) is 20.7. The van der Waals surface area contributed by atoms with Gasteiger partial charge in [-0.25, -0.2) is 4.68 Å². The number of thiophene rings is 1. The predicted molar refractivity (Wildman–Crippen MR) is 137 cm³/mol. The first-order chi connectivity index (χ1) is 14.9. The molecule has 2 aromatic rings. The number of aromatic nitrogens is 2. The van der Waals surface area contributed by atoms with Crippen LogP contribution in [0.3, 0.4) is 0 Å². The van der Waals surface area contributed by atoms with E-state index in [0.29, 0.717) is 0 Å². The summed E-state index contributed by atoms with van der Waals surface area (Å²) < 4.78 is 2.05. The molecule has 0 saturated heterocycles. The molecule has 1 aliphatic rings. The fourth-order valence-corrected chi connectivity index (χ4v) is 5.09. The van der Waals surface area contributed by atoms with Crippen molar-refractivity contribution in [3.8, 4) is 16.6 Å². The van der Waals surface area contributed by atoms with Gasteiger partial charge in [-0.05, 0) is 87.1 Å². The predicted octanol–water partition coefficient (Wildman–Crippen LogP) is 8.05. The van der Waals surface area contributed by atoms with E-state index in [9.17, 15) is 5.26 Å². The normalized spacial score (nSPS) is 15.2. The van der Waals surface area contributed by atoms with Crippen molar-refractivity contribution in [2.75, 3.05) is 6.26 Å². The molecule has 3 rings (SSSR count). The molecule has 2 aromatic heterocycles. The number of hydrogen-bond donors (Lipinski definition) is 0. The zero-order valence-electron chi connectivity index (χ0n) is 19.1. The van der Waals surface area contributed by atoms with Crippen molar-refractivity contribution in [1.29, 1.82) is 5.26 Å². The second-order valence-corrected chi connectivity index (χ2v) is 10.2. The Hall–Kier alpha value is -2.29. The van der Waals surface area contributed by atoms with Crippen LogP contribution in [0.2, 0.25) is 0 Å². The molecule has 0 N–H and O–H groups in total. The molecule has 0 fully saturated rings. The standard InChI is InChI=1S/C26H31N3S2/c1-6-8-12-20(10-7-2)29-22(17-25(28-29)26(3,4)18-27)24-15-14-23(31-24)19-11-9-13-21(16-19)30-5/h6,8,11-12,14-17H,7,9-10,13H2,1-5H3/b8-6-,20-12+. The Morgan fingerprint density at radius 3 is 2.81 bits per heavy atom. The highest BCUT2D eigenvalue weighted by Crippen LogP contribution is 2.38. The fourth-order valence-electron chi connectivity index (χ4n) is 3.50. The maximum absolute atomic E-state index is 9.69. The lowest BCUT2D eigenvalue weighted by atomic mass is 9.91. The van der Waals surface area contributed by atoms with Crippen LogP contribution in [-0.2, 0) is 5.41 Å². The number of rotatable bonds is 8. The van der Waals surface area contributed by atoms with Gasteiger partial charge in [0.25, 0.3) is 0 Å². The first-order valence-electron chi connectivity index (χ1n) is 10.8. The number of nitrogens with zero attached hydrogens (tertiary/aromatic N) is 3. The van der Waals surface area contributed by atoms with Gasteiger partial charge >= 0.3 is 0 Å². The van der Waals surface area contributed by atoms with E-state index in [1.165, 1.54) is 20.2 Å². The van der Waals surface area contributed by atoms with Crippen LogP contribution in [0.25, 0.3) is 21.8 Å². The average Bonchev–Trinajstić information content (AvgIpc) is 3.44. The van der Waals surface area contributed by atoms with E-state index in [1.54, 1.807) is 11.3 Å². The van der Waals surface area contributed by atoms with Crippen molar-refractivity contribution < 1.29 is 0 Å². The third kappa shape index (κ3) is 5.31. The van der Waals surface area contributed by atoms with Gasteiger partial charge in [0.2, 0.25) is 0 Å². The maximum atomic E-state index is 9.69. The maximum Gasteiger partial charge on any atom is 0.0956 e. The van der Waals surface area contributed by atoms with Gasteiger partial charge in [0.05, 0.1) is 27.7 Å². The van der Waals surface area contributed by atoms with Crippen molar-refractivity contribution in [2.45, 2.75) is 58.8 Å². The Labute approximate surface area is 194 Å². The van der Waals surface area contributed by atoms with Crippen molar-refractivity contribution in [3.63, 3.8) is 0 Å². The van der Waals surface area contributed by atoms with Crippen molar-refractivity contribution in [3.05, 3.63) is 64.1 Å². The third-order valence-corrected chi connectivity index (χ3v) is 7.37. The molecule has 0 atom stereocenters. The third-order valence-electron chi connectivity index (χ3n) is 5.37. The molecule has 0 aromatic carbocycles. The molecule has 0 saturated carbocycles. The van der Waals surface area contributed by atoms with Crippen molar-refractivity contribution >= 4 is 34.4 Å². The lowest BCUT2D eigenvalue weighted by molar-refractivity contribution is 0.642. The minimum Gasteiger partial charge on any atom is -0.236 e. The van der Waals surface area contributed by atoms with E-state index in [1.807, 2.05) is 43.3 Å². The smallest absolute Gasteiger partial charge is 0.0956 e. The summed E-state index contributed by atoms with van der Waals surface area (Å²) in [5, 5.41) is 14.6. The van der Waals surface area contributed by atoms with E-state index in [2.05, 4.69) is 61.8 Å². The van der Waals surface area contributed by atoms with Crippen LogP contribution in [0.5, 0.6) is 0 Å². The fraction of sp³-hybridized carbons (Fsp3) is 0.385. The van der Waals surface area contributed by atoms with Crippen LogP contribution in [0.15, 0.2) is 53.5 Å². The number of hydrogen-bond acceptors (Lipinski definition) is 4. The first kappa shape index (κ1) is 23.4. The van der Waals surface area contributed by atoms with E-state index >= 15 is 0 Å². The van der Waals surface area contributed by atoms with Gasteiger partial charge in [0.1, 0.15) is 0 Å². The van der Waals surface area contributed by atoms with Crippen LogP contribution >= 0.6 is 23.1 Å². The Morgan fingerprint density at radius 1 is 1.35 bits per heavy atom. The largest absolute Gasteiger partial charge is 0.236 e. The quantitative estimate of drug-likeness (QED) is 0.383. The molecule has 162 valence electrons. The second kappa shape index (κ2) is 10.3. The minimum absolute atomic E-state index is 0.639. The first-order valence-corrected chi connectivity index (χ1v) is 12.9. The van der Waals surface area contributed by atoms with Crippen LogP contribution in [-0.4, -0.2) is 16.0 Å². The lowest BCUT2D eigenvalue weighted by Crippen LogP contribution is -2.15. The Balaban J connectivity index is 2.10. The van der Waals surface area contributed by atoms with Gasteiger partial charge < -0.3 is 0 Å². The molecule has 5 heteroatoms.